The zero-order valence-corrected chi connectivity index (χ0v) is 31.6. The molecule has 0 radical (unpaired) electrons. The third-order valence-electron chi connectivity index (χ3n) is 9.29. The van der Waals surface area contributed by atoms with Crippen molar-refractivity contribution in [2.45, 2.75) is 117 Å². The van der Waals surface area contributed by atoms with Gasteiger partial charge in [-0.25, -0.2) is 15.0 Å². The van der Waals surface area contributed by atoms with Crippen LogP contribution in [0.4, 0.5) is 5.82 Å². The Labute approximate surface area is 264 Å². The number of nitrogens with two attached hydrogens (primary N) is 1. The van der Waals surface area contributed by atoms with Crippen molar-refractivity contribution in [3.8, 4) is 0 Å². The molecule has 1 aliphatic heterocycles. The van der Waals surface area contributed by atoms with Gasteiger partial charge in [-0.05, 0) is 50.1 Å². The number of nitrogen functional groups attached to an aromatic ring is 1. The Morgan fingerprint density at radius 2 is 1.59 bits per heavy atom. The molecule has 3 heterocycles. The molecule has 0 unspecified atom stereocenters. The molecule has 1 fully saturated rings. The Bertz CT molecular complexity index is 1330. The Kier molecular flexibility index (Phi) is 11.5. The Hall–Kier alpha value is -1.52. The van der Waals surface area contributed by atoms with Gasteiger partial charge in [0.05, 0.1) is 38.4 Å². The third kappa shape index (κ3) is 8.25. The van der Waals surface area contributed by atoms with E-state index in [0.29, 0.717) is 11.2 Å². The van der Waals surface area contributed by atoms with Crippen LogP contribution in [0, 0.1) is 5.92 Å². The second-order valence-corrected chi connectivity index (χ2v) is 26.2. The molecular weight excluding hydrogens is 617 g/mol. The zero-order chi connectivity index (χ0) is 33.3. The van der Waals surface area contributed by atoms with E-state index in [0.717, 1.165) is 0 Å². The average Bonchev–Trinajstić information content (AvgIpc) is 3.43. The fourth-order valence-corrected chi connectivity index (χ4v) is 8.65. The second kappa shape index (κ2) is 13.7. The molecule has 2 aromatic rings. The van der Waals surface area contributed by atoms with Gasteiger partial charge in [0, 0.05) is 12.3 Å². The fraction of sp³-hybridized carbons (Fsp3) is 0.793. The number of nitrogens with zero attached hydrogens (tertiary/aromatic N) is 4. The SMILES string of the molecule is CCOP(=O)(CC(=O)C[C@H]1[C@@H](O[Si](C)(C)C(C)(C)C)[C@H](n2cnc3c(N)ncnc32)O[C@@H]1CO[Si](C)(C)C(C)(C)C)OCC. The van der Waals surface area contributed by atoms with Crippen molar-refractivity contribution in [1.29, 1.82) is 0 Å². The number of ketones is 1. The van der Waals surface area contributed by atoms with Crippen LogP contribution in [-0.2, 0) is 32.0 Å². The zero-order valence-electron chi connectivity index (χ0n) is 28.7. The number of anilines is 1. The van der Waals surface area contributed by atoms with Gasteiger partial charge in [0.15, 0.2) is 34.3 Å². The smallest absolute Gasteiger partial charge is 0.338 e. The molecule has 250 valence electrons. The lowest BCUT2D eigenvalue weighted by atomic mass is 9.93. The van der Waals surface area contributed by atoms with Gasteiger partial charge < -0.3 is 28.4 Å². The molecule has 12 nitrogen and oxygen atoms in total. The first-order chi connectivity index (χ1) is 20.2. The first-order valence-electron chi connectivity index (χ1n) is 15.5. The molecule has 1 aliphatic rings. The molecule has 0 aromatic carbocycles. The summed E-state index contributed by atoms with van der Waals surface area (Å²) in [5.41, 5.74) is 7.10. The van der Waals surface area contributed by atoms with Crippen LogP contribution in [-0.4, -0.2) is 80.1 Å². The van der Waals surface area contributed by atoms with Crippen LogP contribution in [0.3, 0.4) is 0 Å². The summed E-state index contributed by atoms with van der Waals surface area (Å²) in [6.45, 7) is 25.9. The van der Waals surface area contributed by atoms with Crippen LogP contribution in [0.1, 0.15) is 68.0 Å². The minimum atomic E-state index is -3.60. The molecule has 15 heteroatoms. The number of hydrogen-bond donors (Lipinski definition) is 1. The number of Topliss-reactive ketones (excluding diaryl/α,β-unsaturated/α-hetero) is 1. The molecule has 2 N–H and O–H groups in total. The van der Waals surface area contributed by atoms with Gasteiger partial charge in [0.1, 0.15) is 23.8 Å². The molecule has 2 aromatic heterocycles. The third-order valence-corrected chi connectivity index (χ3v) is 20.3. The molecule has 0 saturated carbocycles. The topological polar surface area (TPSA) is 150 Å². The van der Waals surface area contributed by atoms with Gasteiger partial charge >= 0.3 is 7.60 Å². The lowest BCUT2D eigenvalue weighted by molar-refractivity contribution is -0.119. The number of rotatable bonds is 14. The van der Waals surface area contributed by atoms with Gasteiger partial charge in [0.25, 0.3) is 0 Å². The first kappa shape index (κ1) is 36.9. The summed E-state index contributed by atoms with van der Waals surface area (Å²) in [6.07, 6.45) is 1.04. The van der Waals surface area contributed by atoms with Crippen molar-refractivity contribution in [1.82, 2.24) is 19.5 Å². The van der Waals surface area contributed by atoms with E-state index in [2.05, 4.69) is 82.7 Å². The normalized spacial score (nSPS) is 22.2. The first-order valence-corrected chi connectivity index (χ1v) is 23.0. The molecule has 0 spiro atoms. The van der Waals surface area contributed by atoms with Gasteiger partial charge in [-0.1, -0.05) is 41.5 Å². The summed E-state index contributed by atoms with van der Waals surface area (Å²) in [7, 11) is -8.18. The summed E-state index contributed by atoms with van der Waals surface area (Å²) in [5, 5.41) is -0.144. The van der Waals surface area contributed by atoms with Crippen LogP contribution in [0.15, 0.2) is 12.7 Å². The van der Waals surface area contributed by atoms with Crippen LogP contribution in [0.25, 0.3) is 11.2 Å². The minimum absolute atomic E-state index is 0.0238. The maximum Gasteiger partial charge on any atom is 0.338 e. The van der Waals surface area contributed by atoms with Crippen molar-refractivity contribution in [2.24, 2.45) is 5.92 Å². The maximum atomic E-state index is 13.7. The van der Waals surface area contributed by atoms with Gasteiger partial charge in [0.2, 0.25) is 0 Å². The second-order valence-electron chi connectivity index (χ2n) is 14.6. The van der Waals surface area contributed by atoms with Crippen molar-refractivity contribution in [2.75, 3.05) is 31.7 Å². The largest absolute Gasteiger partial charge is 0.414 e. The van der Waals surface area contributed by atoms with Crippen molar-refractivity contribution in [3.05, 3.63) is 12.7 Å². The molecule has 3 rings (SSSR count). The number of carbonyl (C=O) groups is 1. The summed E-state index contributed by atoms with van der Waals surface area (Å²) >= 11 is 0. The van der Waals surface area contributed by atoms with E-state index in [1.165, 1.54) is 6.33 Å². The Morgan fingerprint density at radius 1 is 1.00 bits per heavy atom. The van der Waals surface area contributed by atoms with E-state index < -0.39 is 48.6 Å². The highest BCUT2D eigenvalue weighted by molar-refractivity contribution is 7.54. The van der Waals surface area contributed by atoms with Crippen LogP contribution < -0.4 is 5.73 Å². The summed E-state index contributed by atoms with van der Waals surface area (Å²) in [6, 6.07) is 0. The van der Waals surface area contributed by atoms with E-state index in [9.17, 15) is 9.36 Å². The van der Waals surface area contributed by atoms with Gasteiger partial charge in [-0.2, -0.15) is 0 Å². The molecule has 0 amide bonds. The van der Waals surface area contributed by atoms with Gasteiger partial charge in [-0.15, -0.1) is 0 Å². The van der Waals surface area contributed by atoms with E-state index >= 15 is 0 Å². The summed E-state index contributed by atoms with van der Waals surface area (Å²) in [4.78, 5) is 26.8. The molecular formula is C29H54N5O7PSi2. The molecule has 44 heavy (non-hydrogen) atoms. The van der Waals surface area contributed by atoms with E-state index in [4.69, 9.17) is 28.4 Å². The summed E-state index contributed by atoms with van der Waals surface area (Å²) < 4.78 is 46.6. The lowest BCUT2D eigenvalue weighted by Gasteiger charge is -2.41. The van der Waals surface area contributed by atoms with E-state index in [1.807, 2.05) is 4.57 Å². The lowest BCUT2D eigenvalue weighted by Crippen LogP contribution is -2.48. The highest BCUT2D eigenvalue weighted by atomic mass is 31.2. The fourth-order valence-electron chi connectivity index (χ4n) is 4.71. The van der Waals surface area contributed by atoms with Crippen molar-refractivity contribution < 1.29 is 32.0 Å². The van der Waals surface area contributed by atoms with Crippen LogP contribution in [0.2, 0.25) is 36.3 Å². The molecule has 4 atom stereocenters. The Morgan fingerprint density at radius 3 is 2.14 bits per heavy atom. The Balaban J connectivity index is 2.10. The predicted octanol–water partition coefficient (Wildman–Crippen LogP) is 6.56. The highest BCUT2D eigenvalue weighted by Gasteiger charge is 2.52. The molecule has 0 bridgehead atoms. The number of hydrogen-bond acceptors (Lipinski definition) is 11. The number of imidazole rings is 1. The monoisotopic (exact) mass is 671 g/mol. The quantitative estimate of drug-likeness (QED) is 0.172. The van der Waals surface area contributed by atoms with Crippen molar-refractivity contribution >= 4 is 47.0 Å². The van der Waals surface area contributed by atoms with Gasteiger partial charge in [-0.3, -0.25) is 13.9 Å². The standard InChI is InChI=1S/C29H54N5O7PSi2/c1-13-37-42(36,38-14-2)17-20(35)15-21-22(16-39-43(9,10)28(3,4)5)40-27(24(21)41-44(11,12)29(6,7)8)34-19-33-23-25(30)31-18-32-26(23)34/h18-19,21-22,24,27H,13-17H2,1-12H3,(H2,30,31,32)/t21-,22-,24-,27-/m1/s1. The number of aromatic nitrogens is 4. The molecule has 1 saturated heterocycles. The summed E-state index contributed by atoms with van der Waals surface area (Å²) in [5.74, 6) is -0.395. The maximum absolute atomic E-state index is 13.7. The van der Waals surface area contributed by atoms with Crippen LogP contribution in [0.5, 0.6) is 0 Å². The number of fused-ring (bicyclic) bond motifs is 1. The average molecular weight is 672 g/mol. The minimum Gasteiger partial charge on any atom is -0.414 e. The van der Waals surface area contributed by atoms with Crippen molar-refractivity contribution in [3.63, 3.8) is 0 Å². The molecule has 0 aliphatic carbocycles. The predicted molar refractivity (Wildman–Crippen MR) is 178 cm³/mol. The highest BCUT2D eigenvalue weighted by Crippen LogP contribution is 2.50. The van der Waals surface area contributed by atoms with E-state index in [-0.39, 0.29) is 54.1 Å². The number of ether oxygens (including phenoxy) is 1. The van der Waals surface area contributed by atoms with E-state index in [1.54, 1.807) is 20.2 Å². The number of carbonyl (C=O) groups excluding carboxylic acids is 1. The van der Waals surface area contributed by atoms with Crippen LogP contribution >= 0.6 is 7.60 Å².